The summed E-state index contributed by atoms with van der Waals surface area (Å²) in [6.07, 6.45) is 5.19. The van der Waals surface area contributed by atoms with Crippen molar-refractivity contribution in [3.05, 3.63) is 17.8 Å². The molecule has 0 spiro atoms. The number of hydrogen-bond donors (Lipinski definition) is 1. The number of aromatic nitrogens is 1. The van der Waals surface area contributed by atoms with Crippen molar-refractivity contribution >= 4 is 5.91 Å². The second-order valence-corrected chi connectivity index (χ2v) is 5.01. The molecule has 0 aromatic carbocycles. The highest BCUT2D eigenvalue weighted by Crippen LogP contribution is 2.54. The van der Waals surface area contributed by atoms with E-state index in [1.54, 1.807) is 6.20 Å². The van der Waals surface area contributed by atoms with E-state index in [-0.39, 0.29) is 11.8 Å². The third-order valence-corrected chi connectivity index (χ3v) is 3.70. The first-order valence-electron chi connectivity index (χ1n) is 5.91. The van der Waals surface area contributed by atoms with Crippen LogP contribution in [-0.2, 0) is 11.3 Å². The molecule has 0 aliphatic heterocycles. The highest BCUT2D eigenvalue weighted by Gasteiger charge is 2.47. The van der Waals surface area contributed by atoms with Gasteiger partial charge in [-0.1, -0.05) is 0 Å². The van der Waals surface area contributed by atoms with E-state index in [1.807, 2.05) is 6.92 Å². The number of carbonyl (C=O) groups is 1. The van der Waals surface area contributed by atoms with Gasteiger partial charge in [-0.2, -0.15) is 0 Å². The van der Waals surface area contributed by atoms with Gasteiger partial charge in [-0.15, -0.1) is 0 Å². The maximum absolute atomic E-state index is 11.8. The van der Waals surface area contributed by atoms with Crippen LogP contribution in [-0.4, -0.2) is 10.9 Å². The quantitative estimate of drug-likeness (QED) is 0.842. The van der Waals surface area contributed by atoms with Crippen LogP contribution in [0.1, 0.15) is 30.9 Å². The largest absolute Gasteiger partial charge is 0.444 e. The molecule has 0 saturated heterocycles. The van der Waals surface area contributed by atoms with Crippen LogP contribution in [0.4, 0.5) is 0 Å². The molecule has 3 rings (SSSR count). The van der Waals surface area contributed by atoms with Crippen LogP contribution >= 0.6 is 0 Å². The van der Waals surface area contributed by atoms with Gasteiger partial charge < -0.3 is 9.73 Å². The molecule has 0 bridgehead atoms. The monoisotopic (exact) mass is 220 g/mol. The normalized spacial score (nSPS) is 31.2. The average Bonchev–Trinajstić information content (AvgIpc) is 2.71. The summed E-state index contributed by atoms with van der Waals surface area (Å²) in [5, 5.41) is 2.90. The van der Waals surface area contributed by atoms with E-state index < -0.39 is 0 Å². The molecule has 2 aliphatic carbocycles. The van der Waals surface area contributed by atoms with E-state index in [0.29, 0.717) is 12.4 Å². The Hall–Kier alpha value is -1.32. The summed E-state index contributed by atoms with van der Waals surface area (Å²) in [6.45, 7) is 2.27. The van der Waals surface area contributed by atoms with Gasteiger partial charge in [0.05, 0.1) is 12.7 Å². The van der Waals surface area contributed by atoms with Crippen molar-refractivity contribution in [3.63, 3.8) is 0 Å². The first-order chi connectivity index (χ1) is 7.72. The maximum Gasteiger partial charge on any atom is 0.223 e. The van der Waals surface area contributed by atoms with Gasteiger partial charge in [0.15, 0.2) is 0 Å². The van der Waals surface area contributed by atoms with Gasteiger partial charge in [-0.25, -0.2) is 4.98 Å². The standard InChI is InChI=1S/C12H16N2O2/c1-7-5-13-11(16-7)6-14-12(15)10-3-8-2-9(8)4-10/h5,8-10H,2-4,6H2,1H3,(H,14,15). The van der Waals surface area contributed by atoms with Crippen LogP contribution in [0, 0.1) is 24.7 Å². The maximum atomic E-state index is 11.8. The number of aryl methyl sites for hydroxylation is 1. The van der Waals surface area contributed by atoms with Crippen LogP contribution in [0.25, 0.3) is 0 Å². The first kappa shape index (κ1) is 9.87. The van der Waals surface area contributed by atoms with Crippen LogP contribution in [0.3, 0.4) is 0 Å². The fourth-order valence-electron chi connectivity index (χ4n) is 2.72. The van der Waals surface area contributed by atoms with Gasteiger partial charge in [0, 0.05) is 5.92 Å². The zero-order chi connectivity index (χ0) is 11.1. The molecule has 1 aromatic rings. The minimum atomic E-state index is 0.169. The molecule has 0 radical (unpaired) electrons. The Morgan fingerprint density at radius 3 is 2.88 bits per heavy atom. The molecule has 2 aliphatic rings. The van der Waals surface area contributed by atoms with Gasteiger partial charge in [0.1, 0.15) is 5.76 Å². The molecule has 4 heteroatoms. The minimum absolute atomic E-state index is 0.169. The third kappa shape index (κ3) is 1.84. The highest BCUT2D eigenvalue weighted by molar-refractivity contribution is 5.79. The van der Waals surface area contributed by atoms with E-state index in [0.717, 1.165) is 30.4 Å². The highest BCUT2D eigenvalue weighted by atomic mass is 16.4. The third-order valence-electron chi connectivity index (χ3n) is 3.70. The molecule has 2 fully saturated rings. The fraction of sp³-hybridized carbons (Fsp3) is 0.667. The van der Waals surface area contributed by atoms with Gasteiger partial charge in [0.25, 0.3) is 0 Å². The second kappa shape index (κ2) is 3.61. The van der Waals surface area contributed by atoms with E-state index in [2.05, 4.69) is 10.3 Å². The average molecular weight is 220 g/mol. The molecule has 1 amide bonds. The lowest BCUT2D eigenvalue weighted by Crippen LogP contribution is -2.29. The molecule has 1 N–H and O–H groups in total. The summed E-state index contributed by atoms with van der Waals surface area (Å²) >= 11 is 0. The van der Waals surface area contributed by atoms with Gasteiger partial charge >= 0.3 is 0 Å². The van der Waals surface area contributed by atoms with Crippen molar-refractivity contribution in [1.82, 2.24) is 10.3 Å². The van der Waals surface area contributed by atoms with E-state index in [4.69, 9.17) is 4.42 Å². The number of nitrogens with zero attached hydrogens (tertiary/aromatic N) is 1. The summed E-state index contributed by atoms with van der Waals surface area (Å²) in [7, 11) is 0. The van der Waals surface area contributed by atoms with Crippen molar-refractivity contribution in [2.75, 3.05) is 0 Å². The Morgan fingerprint density at radius 1 is 1.50 bits per heavy atom. The summed E-state index contributed by atoms with van der Waals surface area (Å²) in [4.78, 5) is 15.9. The molecule has 2 saturated carbocycles. The summed E-state index contributed by atoms with van der Waals surface area (Å²) in [5.41, 5.74) is 0. The number of carbonyl (C=O) groups excluding carboxylic acids is 1. The first-order valence-corrected chi connectivity index (χ1v) is 5.91. The molecule has 1 heterocycles. The van der Waals surface area contributed by atoms with E-state index >= 15 is 0 Å². The number of oxazole rings is 1. The zero-order valence-electron chi connectivity index (χ0n) is 9.40. The van der Waals surface area contributed by atoms with Gasteiger partial charge in [-0.3, -0.25) is 4.79 Å². The minimum Gasteiger partial charge on any atom is -0.444 e. The van der Waals surface area contributed by atoms with E-state index in [9.17, 15) is 4.79 Å². The molecule has 4 nitrogen and oxygen atoms in total. The van der Waals surface area contributed by atoms with Gasteiger partial charge in [-0.05, 0) is 38.0 Å². The zero-order valence-corrected chi connectivity index (χ0v) is 9.40. The summed E-state index contributed by atoms with van der Waals surface area (Å²) < 4.78 is 5.30. The molecule has 2 atom stereocenters. The van der Waals surface area contributed by atoms with Crippen LogP contribution in [0.2, 0.25) is 0 Å². The van der Waals surface area contributed by atoms with Crippen LogP contribution in [0.5, 0.6) is 0 Å². The molecule has 2 unspecified atom stereocenters. The fourth-order valence-corrected chi connectivity index (χ4v) is 2.72. The van der Waals surface area contributed by atoms with Crippen molar-refractivity contribution in [1.29, 1.82) is 0 Å². The van der Waals surface area contributed by atoms with Crippen molar-refractivity contribution in [3.8, 4) is 0 Å². The van der Waals surface area contributed by atoms with Crippen LogP contribution < -0.4 is 5.32 Å². The Morgan fingerprint density at radius 2 is 2.25 bits per heavy atom. The smallest absolute Gasteiger partial charge is 0.223 e. The van der Waals surface area contributed by atoms with Crippen molar-refractivity contribution < 1.29 is 9.21 Å². The number of rotatable bonds is 3. The Labute approximate surface area is 94.4 Å². The number of amides is 1. The molecule has 16 heavy (non-hydrogen) atoms. The predicted octanol–water partition coefficient (Wildman–Crippen LogP) is 1.65. The number of hydrogen-bond acceptors (Lipinski definition) is 3. The predicted molar refractivity (Wildman–Crippen MR) is 57.4 cm³/mol. The summed E-state index contributed by atoms with van der Waals surface area (Å²) in [6, 6.07) is 0. The Balaban J connectivity index is 1.49. The lowest BCUT2D eigenvalue weighted by molar-refractivity contribution is -0.125. The van der Waals surface area contributed by atoms with Gasteiger partial charge in [0.2, 0.25) is 11.8 Å². The molecular formula is C12H16N2O2. The Bertz CT molecular complexity index is 403. The SMILES string of the molecule is Cc1cnc(CNC(=O)C2CC3CC3C2)o1. The Kier molecular flexibility index (Phi) is 2.23. The van der Waals surface area contributed by atoms with Crippen molar-refractivity contribution in [2.24, 2.45) is 17.8 Å². The van der Waals surface area contributed by atoms with Crippen LogP contribution in [0.15, 0.2) is 10.6 Å². The van der Waals surface area contributed by atoms with Crippen molar-refractivity contribution in [2.45, 2.75) is 32.7 Å². The number of fused-ring (bicyclic) bond motifs is 1. The second-order valence-electron chi connectivity index (χ2n) is 5.01. The molecule has 86 valence electrons. The lowest BCUT2D eigenvalue weighted by atomic mass is 10.0. The molecular weight excluding hydrogens is 204 g/mol. The summed E-state index contributed by atoms with van der Waals surface area (Å²) in [5.74, 6) is 3.47. The topological polar surface area (TPSA) is 55.1 Å². The molecule has 1 aromatic heterocycles. The van der Waals surface area contributed by atoms with E-state index in [1.165, 1.54) is 6.42 Å². The number of nitrogens with one attached hydrogen (secondary N) is 1. The lowest BCUT2D eigenvalue weighted by Gasteiger charge is -2.10.